The summed E-state index contributed by atoms with van der Waals surface area (Å²) in [5.41, 5.74) is 3.10. The summed E-state index contributed by atoms with van der Waals surface area (Å²) in [5.74, 6) is -2.10. The van der Waals surface area contributed by atoms with E-state index in [1.807, 2.05) is 10.6 Å². The number of amides is 1. The molecule has 0 unspecified atom stereocenters. The molecule has 2 aromatic rings. The lowest BCUT2D eigenvalue weighted by Crippen LogP contribution is -2.55. The Morgan fingerprint density at radius 1 is 1.21 bits per heavy atom. The van der Waals surface area contributed by atoms with Crippen molar-refractivity contribution in [2.75, 3.05) is 51.2 Å². The van der Waals surface area contributed by atoms with Crippen molar-refractivity contribution in [2.24, 2.45) is 5.92 Å². The van der Waals surface area contributed by atoms with E-state index in [2.05, 4.69) is 21.9 Å². The lowest BCUT2D eigenvalue weighted by atomic mass is 9.97. The zero-order chi connectivity index (χ0) is 19.5. The Bertz CT molecular complexity index is 923. The molecule has 0 aliphatic carbocycles. The van der Waals surface area contributed by atoms with Crippen molar-refractivity contribution in [2.45, 2.75) is 25.2 Å². The Morgan fingerprint density at radius 2 is 2.00 bits per heavy atom. The van der Waals surface area contributed by atoms with E-state index in [1.54, 1.807) is 6.20 Å². The van der Waals surface area contributed by atoms with Gasteiger partial charge in [0.25, 0.3) is 5.92 Å². The van der Waals surface area contributed by atoms with Crippen molar-refractivity contribution in [1.82, 2.24) is 24.4 Å². The van der Waals surface area contributed by atoms with E-state index in [9.17, 15) is 13.6 Å². The fourth-order valence-corrected chi connectivity index (χ4v) is 4.50. The highest BCUT2D eigenvalue weighted by atomic mass is 19.3. The number of likely N-dealkylation sites (N-methyl/N-ethyl adjacent to an activating group) is 1. The van der Waals surface area contributed by atoms with Gasteiger partial charge in [0.1, 0.15) is 5.82 Å². The SMILES string of the molecule is CN1CCc2nc3ccnn3c(N3CC(C(=O)N4CCC(F)(F)C4)C3)c2CC1. The summed E-state index contributed by atoms with van der Waals surface area (Å²) < 4.78 is 28.8. The number of halogens is 2. The van der Waals surface area contributed by atoms with Crippen LogP contribution in [0.3, 0.4) is 0 Å². The second-order valence-corrected chi connectivity index (χ2v) is 8.23. The molecule has 3 aliphatic heterocycles. The average molecular weight is 390 g/mol. The van der Waals surface area contributed by atoms with Gasteiger partial charge in [-0.2, -0.15) is 9.61 Å². The largest absolute Gasteiger partial charge is 0.354 e. The molecule has 1 amide bonds. The first-order valence-corrected chi connectivity index (χ1v) is 9.87. The molecule has 0 aromatic carbocycles. The van der Waals surface area contributed by atoms with Crippen LogP contribution in [-0.4, -0.2) is 82.5 Å². The minimum absolute atomic E-state index is 0.148. The Kier molecular flexibility index (Phi) is 4.04. The third-order valence-electron chi connectivity index (χ3n) is 6.18. The van der Waals surface area contributed by atoms with Gasteiger partial charge >= 0.3 is 0 Å². The highest BCUT2D eigenvalue weighted by Crippen LogP contribution is 2.34. The molecule has 3 aliphatic rings. The predicted molar refractivity (Wildman–Crippen MR) is 99.7 cm³/mol. The summed E-state index contributed by atoms with van der Waals surface area (Å²) in [7, 11) is 2.11. The minimum atomic E-state index is -2.74. The molecule has 9 heteroatoms. The maximum absolute atomic E-state index is 13.5. The Morgan fingerprint density at radius 3 is 2.75 bits per heavy atom. The number of fused-ring (bicyclic) bond motifs is 2. The maximum atomic E-state index is 13.5. The van der Waals surface area contributed by atoms with Gasteiger partial charge in [0.15, 0.2) is 5.65 Å². The molecule has 2 fully saturated rings. The van der Waals surface area contributed by atoms with Crippen LogP contribution in [0.5, 0.6) is 0 Å². The third-order valence-corrected chi connectivity index (χ3v) is 6.18. The second kappa shape index (κ2) is 6.37. The van der Waals surface area contributed by atoms with Gasteiger partial charge in [0.2, 0.25) is 5.91 Å². The topological polar surface area (TPSA) is 57.0 Å². The van der Waals surface area contributed by atoms with Gasteiger partial charge < -0.3 is 14.7 Å². The maximum Gasteiger partial charge on any atom is 0.267 e. The van der Waals surface area contributed by atoms with E-state index >= 15 is 0 Å². The zero-order valence-corrected chi connectivity index (χ0v) is 15.9. The van der Waals surface area contributed by atoms with E-state index in [-0.39, 0.29) is 24.8 Å². The Balaban J connectivity index is 1.39. The number of carbonyl (C=O) groups excluding carboxylic acids is 1. The summed E-state index contributed by atoms with van der Waals surface area (Å²) in [4.78, 5) is 23.2. The van der Waals surface area contributed by atoms with Crippen LogP contribution in [-0.2, 0) is 17.6 Å². The van der Waals surface area contributed by atoms with Gasteiger partial charge in [-0.05, 0) is 13.5 Å². The highest BCUT2D eigenvalue weighted by Gasteiger charge is 2.45. The first-order valence-electron chi connectivity index (χ1n) is 9.87. The van der Waals surface area contributed by atoms with Crippen molar-refractivity contribution < 1.29 is 13.6 Å². The number of likely N-dealkylation sites (tertiary alicyclic amines) is 1. The third kappa shape index (κ3) is 2.92. The number of hydrogen-bond acceptors (Lipinski definition) is 5. The second-order valence-electron chi connectivity index (χ2n) is 8.23. The normalized spacial score (nSPS) is 23.0. The molecule has 0 saturated carbocycles. The fourth-order valence-electron chi connectivity index (χ4n) is 4.50. The van der Waals surface area contributed by atoms with Crippen LogP contribution in [0.2, 0.25) is 0 Å². The standard InChI is InChI=1S/C19H24F2N6O/c1-24-7-3-14-15(4-8-24)23-16-2-6-22-27(16)17(14)26-10-13(11-26)18(28)25-9-5-19(20,21)12-25/h2,6,13H,3-5,7-12H2,1H3. The molecule has 7 nitrogen and oxygen atoms in total. The van der Waals surface area contributed by atoms with Crippen LogP contribution in [0, 0.1) is 5.92 Å². The van der Waals surface area contributed by atoms with Crippen LogP contribution in [0.4, 0.5) is 14.6 Å². The first kappa shape index (κ1) is 17.8. The molecule has 0 bridgehead atoms. The molecule has 5 heterocycles. The van der Waals surface area contributed by atoms with E-state index in [0.717, 1.165) is 43.1 Å². The van der Waals surface area contributed by atoms with Crippen LogP contribution >= 0.6 is 0 Å². The molecule has 150 valence electrons. The van der Waals surface area contributed by atoms with Crippen molar-refractivity contribution in [3.05, 3.63) is 23.5 Å². The number of carbonyl (C=O) groups is 1. The van der Waals surface area contributed by atoms with E-state index in [0.29, 0.717) is 13.1 Å². The Hall–Kier alpha value is -2.29. The van der Waals surface area contributed by atoms with E-state index in [1.165, 1.54) is 10.5 Å². The number of hydrogen-bond donors (Lipinski definition) is 0. The summed E-state index contributed by atoms with van der Waals surface area (Å²) in [6.07, 6.45) is 3.29. The highest BCUT2D eigenvalue weighted by molar-refractivity contribution is 5.82. The minimum Gasteiger partial charge on any atom is -0.354 e. The van der Waals surface area contributed by atoms with Crippen molar-refractivity contribution >= 4 is 17.4 Å². The lowest BCUT2D eigenvalue weighted by Gasteiger charge is -2.42. The first-order chi connectivity index (χ1) is 13.4. The van der Waals surface area contributed by atoms with Crippen molar-refractivity contribution in [1.29, 1.82) is 0 Å². The molecule has 0 spiro atoms. The fraction of sp³-hybridized carbons (Fsp3) is 0.632. The summed E-state index contributed by atoms with van der Waals surface area (Å²) in [6.45, 7) is 2.72. The van der Waals surface area contributed by atoms with Gasteiger partial charge in [-0.25, -0.2) is 13.8 Å². The summed E-state index contributed by atoms with van der Waals surface area (Å²) in [5, 5.41) is 4.45. The number of aromatic nitrogens is 3. The monoisotopic (exact) mass is 390 g/mol. The van der Waals surface area contributed by atoms with Gasteiger partial charge in [-0.1, -0.05) is 0 Å². The Labute approximate surface area is 161 Å². The van der Waals surface area contributed by atoms with Crippen LogP contribution in [0.1, 0.15) is 17.7 Å². The summed E-state index contributed by atoms with van der Waals surface area (Å²) >= 11 is 0. The zero-order valence-electron chi connectivity index (χ0n) is 15.9. The van der Waals surface area contributed by atoms with Gasteiger partial charge in [0, 0.05) is 57.2 Å². The number of nitrogens with zero attached hydrogens (tertiary/aromatic N) is 6. The molecule has 2 saturated heterocycles. The van der Waals surface area contributed by atoms with Crippen molar-refractivity contribution in [3.63, 3.8) is 0 Å². The smallest absolute Gasteiger partial charge is 0.267 e. The summed E-state index contributed by atoms with van der Waals surface area (Å²) in [6, 6.07) is 1.90. The molecular weight excluding hydrogens is 366 g/mol. The molecule has 2 aromatic heterocycles. The molecular formula is C19H24F2N6O. The predicted octanol–water partition coefficient (Wildman–Crippen LogP) is 1.06. The van der Waals surface area contributed by atoms with E-state index in [4.69, 9.17) is 4.98 Å². The number of rotatable bonds is 2. The van der Waals surface area contributed by atoms with Crippen LogP contribution < -0.4 is 4.90 Å². The number of anilines is 1. The van der Waals surface area contributed by atoms with Gasteiger partial charge in [-0.3, -0.25) is 4.79 Å². The quantitative estimate of drug-likeness (QED) is 0.768. The number of alkyl halides is 2. The van der Waals surface area contributed by atoms with Crippen molar-refractivity contribution in [3.8, 4) is 0 Å². The molecule has 0 N–H and O–H groups in total. The van der Waals surface area contributed by atoms with E-state index < -0.39 is 12.5 Å². The van der Waals surface area contributed by atoms with Crippen LogP contribution in [0.25, 0.3) is 5.65 Å². The average Bonchev–Trinajstić information content (AvgIpc) is 3.17. The lowest BCUT2D eigenvalue weighted by molar-refractivity contribution is -0.136. The van der Waals surface area contributed by atoms with Crippen LogP contribution in [0.15, 0.2) is 12.3 Å². The molecule has 0 atom stereocenters. The molecule has 28 heavy (non-hydrogen) atoms. The van der Waals surface area contributed by atoms with Gasteiger partial charge in [0.05, 0.1) is 24.4 Å². The van der Waals surface area contributed by atoms with Gasteiger partial charge in [-0.15, -0.1) is 0 Å². The molecule has 0 radical (unpaired) electrons. The molecule has 5 rings (SSSR count).